The summed E-state index contributed by atoms with van der Waals surface area (Å²) in [6.45, 7) is 3.38. The Bertz CT molecular complexity index is 902. The lowest BCUT2D eigenvalue weighted by atomic mass is 9.98. The molecule has 14 heteroatoms. The number of esters is 1. The number of alkyl halides is 2. The molecule has 1 aromatic rings. The van der Waals surface area contributed by atoms with E-state index in [1.165, 1.54) is 0 Å². The van der Waals surface area contributed by atoms with Crippen LogP contribution < -0.4 is 11.4 Å². The molecule has 29 heavy (non-hydrogen) atoms. The lowest BCUT2D eigenvalue weighted by molar-refractivity contribution is -0.163. The van der Waals surface area contributed by atoms with Crippen molar-refractivity contribution in [3.05, 3.63) is 22.7 Å². The Balaban J connectivity index is 1.71. The highest BCUT2D eigenvalue weighted by Gasteiger charge is 2.65. The molecule has 0 aromatic carbocycles. The zero-order chi connectivity index (χ0) is 21.6. The summed E-state index contributed by atoms with van der Waals surface area (Å²) < 4.78 is 67.4. The summed E-state index contributed by atoms with van der Waals surface area (Å²) in [6, 6.07) is 1.15. The van der Waals surface area contributed by atoms with Gasteiger partial charge in [0.05, 0.1) is 12.0 Å². The molecule has 162 valence electrons. The number of anilines is 1. The van der Waals surface area contributed by atoms with Crippen LogP contribution in [0.4, 0.5) is 14.6 Å². The summed E-state index contributed by atoms with van der Waals surface area (Å²) in [5.41, 5.74) is 3.45. The number of halogens is 2. The van der Waals surface area contributed by atoms with Crippen molar-refractivity contribution in [1.82, 2.24) is 9.55 Å². The zero-order valence-corrected chi connectivity index (χ0v) is 16.6. The van der Waals surface area contributed by atoms with E-state index in [9.17, 15) is 22.9 Å². The highest BCUT2D eigenvalue weighted by atomic mass is 31.2. The van der Waals surface area contributed by atoms with Crippen LogP contribution in [0.3, 0.4) is 0 Å². The number of ether oxygens (including phenoxy) is 2. The fourth-order valence-corrected chi connectivity index (χ4v) is 3.86. The summed E-state index contributed by atoms with van der Waals surface area (Å²) in [6.07, 6.45) is -4.44. The molecule has 2 fully saturated rings. The third kappa shape index (κ3) is 4.33. The molecule has 1 aromatic heterocycles. The quantitative estimate of drug-likeness (QED) is 0.416. The van der Waals surface area contributed by atoms with Crippen LogP contribution in [-0.4, -0.2) is 47.1 Å². The van der Waals surface area contributed by atoms with Gasteiger partial charge in [0.25, 0.3) is 0 Å². The molecule has 2 aliphatic heterocycles. The normalized spacial score (nSPS) is 31.3. The van der Waals surface area contributed by atoms with Gasteiger partial charge >= 0.3 is 25.4 Å². The molecule has 2 aliphatic rings. The van der Waals surface area contributed by atoms with Crippen LogP contribution >= 0.6 is 7.82 Å². The second kappa shape index (κ2) is 7.40. The molecule has 11 nitrogen and oxygen atoms in total. The van der Waals surface area contributed by atoms with Crippen molar-refractivity contribution in [2.45, 2.75) is 45.1 Å². The van der Waals surface area contributed by atoms with Gasteiger partial charge in [-0.3, -0.25) is 18.4 Å². The number of nitrogens with zero attached hydrogens (tertiary/aromatic N) is 2. The van der Waals surface area contributed by atoms with Crippen molar-refractivity contribution in [3.8, 4) is 0 Å². The summed E-state index contributed by atoms with van der Waals surface area (Å²) >= 11 is 0. The number of hydrogen-bond donors (Lipinski definition) is 1. The van der Waals surface area contributed by atoms with Crippen LogP contribution in [-0.2, 0) is 32.4 Å². The Morgan fingerprint density at radius 3 is 2.79 bits per heavy atom. The number of nitrogens with two attached hydrogens (primary N) is 1. The van der Waals surface area contributed by atoms with Crippen LogP contribution in [0.5, 0.6) is 0 Å². The van der Waals surface area contributed by atoms with E-state index in [0.29, 0.717) is 4.57 Å². The lowest BCUT2D eigenvalue weighted by Gasteiger charge is -2.31. The number of carbonyl (C=O) groups excluding carboxylic acids is 1. The number of phosphoric ester groups is 1. The molecule has 0 spiro atoms. The predicted molar refractivity (Wildman–Crippen MR) is 91.7 cm³/mol. The van der Waals surface area contributed by atoms with Crippen molar-refractivity contribution < 1.29 is 41.2 Å². The second-order valence-corrected chi connectivity index (χ2v) is 9.06. The molecule has 2 saturated heterocycles. The Labute approximate surface area is 163 Å². The number of aromatic nitrogens is 2. The van der Waals surface area contributed by atoms with Gasteiger partial charge in [0.2, 0.25) is 13.0 Å². The third-order valence-electron chi connectivity index (χ3n) is 4.11. The first kappa shape index (κ1) is 21.8. The number of hydrogen-bond acceptors (Lipinski definition) is 10. The van der Waals surface area contributed by atoms with Gasteiger partial charge in [-0.1, -0.05) is 0 Å². The van der Waals surface area contributed by atoms with Crippen molar-refractivity contribution >= 4 is 19.6 Å². The van der Waals surface area contributed by atoms with Crippen LogP contribution in [0.25, 0.3) is 0 Å². The van der Waals surface area contributed by atoms with E-state index in [4.69, 9.17) is 28.8 Å². The zero-order valence-electron chi connectivity index (χ0n) is 15.7. The standard InChI is InChI=1S/C15H20F2N3O8P/c1-14(2,3)12(21)24-7-26-29(23)25-6-8-10(28-29)15(16,17)11(27-8)20-5-4-9(18)19-13(20)22/h4-5,8,10-11H,6-7H2,1-3H3,(H2,18,19,22)/t8?,10-,11-,29?/m1/s1. The first-order valence-electron chi connectivity index (χ1n) is 8.46. The first-order valence-corrected chi connectivity index (χ1v) is 9.92. The maximum absolute atomic E-state index is 14.9. The fourth-order valence-electron chi connectivity index (χ4n) is 2.60. The highest BCUT2D eigenvalue weighted by Crippen LogP contribution is 2.59. The largest absolute Gasteiger partial charge is 0.478 e. The molecule has 2 unspecified atom stereocenters. The van der Waals surface area contributed by atoms with Crippen molar-refractivity contribution in [2.24, 2.45) is 5.41 Å². The van der Waals surface area contributed by atoms with E-state index in [-0.39, 0.29) is 5.82 Å². The van der Waals surface area contributed by atoms with Gasteiger partial charge in [-0.15, -0.1) is 0 Å². The van der Waals surface area contributed by atoms with Crippen LogP contribution in [0.15, 0.2) is 17.1 Å². The number of carbonyl (C=O) groups is 1. The van der Waals surface area contributed by atoms with E-state index in [2.05, 4.69) is 4.98 Å². The Kier molecular flexibility index (Phi) is 5.56. The molecule has 0 saturated carbocycles. The average molecular weight is 439 g/mol. The van der Waals surface area contributed by atoms with E-state index in [1.807, 2.05) is 0 Å². The monoisotopic (exact) mass is 439 g/mol. The molecular weight excluding hydrogens is 419 g/mol. The van der Waals surface area contributed by atoms with E-state index >= 15 is 0 Å². The topological polar surface area (TPSA) is 141 Å². The smallest absolute Gasteiger partial charge is 0.437 e. The molecule has 0 radical (unpaired) electrons. The van der Waals surface area contributed by atoms with Crippen LogP contribution in [0.2, 0.25) is 0 Å². The van der Waals surface area contributed by atoms with Crippen molar-refractivity contribution in [1.29, 1.82) is 0 Å². The van der Waals surface area contributed by atoms with Gasteiger partial charge < -0.3 is 15.2 Å². The molecule has 4 atom stereocenters. The highest BCUT2D eigenvalue weighted by molar-refractivity contribution is 7.48. The Hall–Kier alpha value is -1.92. The minimum Gasteiger partial charge on any atom is -0.437 e. The van der Waals surface area contributed by atoms with E-state index in [0.717, 1.165) is 12.3 Å². The number of nitrogen functional groups attached to an aromatic ring is 1. The average Bonchev–Trinajstić information content (AvgIpc) is 2.84. The SMILES string of the molecule is CC(C)(C)C(=O)OCOP1(=O)OCC2O[C@@H](n3ccc(N)nc3=O)C(F)(F)[C@@H]2O1. The number of phosphoric acid groups is 1. The predicted octanol–water partition coefficient (Wildman–Crippen LogP) is 1.45. The molecule has 0 aliphatic carbocycles. The van der Waals surface area contributed by atoms with Gasteiger partial charge in [0.1, 0.15) is 11.9 Å². The summed E-state index contributed by atoms with van der Waals surface area (Å²) in [5.74, 6) is -4.59. The summed E-state index contributed by atoms with van der Waals surface area (Å²) in [5, 5.41) is 0. The second-order valence-electron chi connectivity index (χ2n) is 7.44. The van der Waals surface area contributed by atoms with Gasteiger partial charge in [0, 0.05) is 6.20 Å². The van der Waals surface area contributed by atoms with Crippen LogP contribution in [0.1, 0.15) is 27.0 Å². The summed E-state index contributed by atoms with van der Waals surface area (Å²) in [7, 11) is -4.47. The van der Waals surface area contributed by atoms with Crippen LogP contribution in [0, 0.1) is 5.41 Å². The molecule has 0 amide bonds. The molecule has 0 bridgehead atoms. The maximum atomic E-state index is 14.9. The van der Waals surface area contributed by atoms with E-state index < -0.39 is 62.7 Å². The maximum Gasteiger partial charge on any atom is 0.478 e. The number of rotatable bonds is 4. The third-order valence-corrected chi connectivity index (χ3v) is 5.48. The lowest BCUT2D eigenvalue weighted by Crippen LogP contribution is -2.45. The number of fused-ring (bicyclic) bond motifs is 1. The van der Waals surface area contributed by atoms with Gasteiger partial charge in [-0.05, 0) is 26.8 Å². The van der Waals surface area contributed by atoms with Gasteiger partial charge in [0.15, 0.2) is 6.10 Å². The minimum atomic E-state index is -4.47. The Morgan fingerprint density at radius 1 is 1.48 bits per heavy atom. The van der Waals surface area contributed by atoms with Crippen molar-refractivity contribution in [2.75, 3.05) is 19.1 Å². The fraction of sp³-hybridized carbons (Fsp3) is 0.667. The Morgan fingerprint density at radius 2 is 2.17 bits per heavy atom. The molecule has 3 rings (SSSR count). The molecule has 3 heterocycles. The van der Waals surface area contributed by atoms with E-state index in [1.54, 1.807) is 20.8 Å². The molecule has 2 N–H and O–H groups in total. The minimum absolute atomic E-state index is 0.146. The summed E-state index contributed by atoms with van der Waals surface area (Å²) in [4.78, 5) is 27.0. The van der Waals surface area contributed by atoms with Crippen molar-refractivity contribution in [3.63, 3.8) is 0 Å². The van der Waals surface area contributed by atoms with Gasteiger partial charge in [-0.2, -0.15) is 13.8 Å². The molecular formula is C15H20F2N3O8P. The van der Waals surface area contributed by atoms with Gasteiger partial charge in [-0.25, -0.2) is 13.9 Å². The first-order chi connectivity index (χ1) is 13.3.